The minimum Gasteiger partial charge on any atom is -0.491 e. The molecule has 106 valence electrons. The van der Waals surface area contributed by atoms with Crippen molar-refractivity contribution in [3.8, 4) is 5.75 Å². The van der Waals surface area contributed by atoms with E-state index in [0.717, 1.165) is 17.9 Å². The fourth-order valence-corrected chi connectivity index (χ4v) is 1.55. The maximum absolute atomic E-state index is 11.3. The lowest BCUT2D eigenvalue weighted by molar-refractivity contribution is -0.144. The highest BCUT2D eigenvalue weighted by Gasteiger charge is 2.12. The molecule has 0 fully saturated rings. The van der Waals surface area contributed by atoms with Gasteiger partial charge in [0.05, 0.1) is 19.1 Å². The van der Waals surface area contributed by atoms with Crippen LogP contribution in [0.5, 0.6) is 5.75 Å². The largest absolute Gasteiger partial charge is 0.491 e. The van der Waals surface area contributed by atoms with E-state index in [0.29, 0.717) is 6.54 Å². The molecule has 1 aromatic carbocycles. The second kappa shape index (κ2) is 7.67. The zero-order valence-corrected chi connectivity index (χ0v) is 12.1. The Morgan fingerprint density at radius 2 is 2.11 bits per heavy atom. The Bertz CT molecular complexity index is 406. The number of methoxy groups -OCH3 is 1. The number of ether oxygens (including phenoxy) is 2. The van der Waals surface area contributed by atoms with Crippen LogP contribution < -0.4 is 10.1 Å². The van der Waals surface area contributed by atoms with E-state index in [9.17, 15) is 4.79 Å². The fraction of sp³-hybridized carbons (Fsp3) is 0.533. The summed E-state index contributed by atoms with van der Waals surface area (Å²) in [7, 11) is 1.40. The molecule has 2 atom stereocenters. The number of esters is 1. The lowest BCUT2D eigenvalue weighted by Crippen LogP contribution is -2.21. The molecule has 1 N–H and O–H groups in total. The van der Waals surface area contributed by atoms with E-state index in [1.54, 1.807) is 0 Å². The summed E-state index contributed by atoms with van der Waals surface area (Å²) in [4.78, 5) is 11.3. The van der Waals surface area contributed by atoms with Crippen LogP contribution in [0.3, 0.4) is 0 Å². The molecular formula is C15H23NO3. The molecule has 4 heteroatoms. The summed E-state index contributed by atoms with van der Waals surface area (Å²) >= 11 is 0. The van der Waals surface area contributed by atoms with Crippen LogP contribution in [0, 0.1) is 5.92 Å². The third kappa shape index (κ3) is 5.20. The molecule has 19 heavy (non-hydrogen) atoms. The summed E-state index contributed by atoms with van der Waals surface area (Å²) < 4.78 is 10.4. The third-order valence-corrected chi connectivity index (χ3v) is 2.96. The molecular weight excluding hydrogens is 242 g/mol. The molecule has 4 nitrogen and oxygen atoms in total. The molecule has 1 rings (SSSR count). The molecule has 0 saturated carbocycles. The number of rotatable bonds is 7. The van der Waals surface area contributed by atoms with E-state index in [4.69, 9.17) is 4.74 Å². The first-order valence-electron chi connectivity index (χ1n) is 6.65. The van der Waals surface area contributed by atoms with Crippen molar-refractivity contribution < 1.29 is 14.3 Å². The average Bonchev–Trinajstić information content (AvgIpc) is 2.44. The maximum Gasteiger partial charge on any atom is 0.310 e. The molecule has 0 aliphatic rings. The highest BCUT2D eigenvalue weighted by molar-refractivity contribution is 5.72. The summed E-state index contributed by atoms with van der Waals surface area (Å²) in [5.74, 6) is 0.453. The molecule has 0 radical (unpaired) electrons. The number of nitrogens with one attached hydrogen (secondary N) is 1. The summed E-state index contributed by atoms with van der Waals surface area (Å²) in [5.41, 5.74) is 0.941. The molecule has 0 aliphatic heterocycles. The molecule has 0 bridgehead atoms. The highest BCUT2D eigenvalue weighted by Crippen LogP contribution is 2.19. The van der Waals surface area contributed by atoms with Crippen LogP contribution in [0.1, 0.15) is 27.2 Å². The van der Waals surface area contributed by atoms with E-state index in [1.165, 1.54) is 7.11 Å². The third-order valence-electron chi connectivity index (χ3n) is 2.96. The first-order valence-corrected chi connectivity index (χ1v) is 6.65. The fourth-order valence-electron chi connectivity index (χ4n) is 1.55. The average molecular weight is 265 g/mol. The Hall–Kier alpha value is -1.71. The number of benzene rings is 1. The van der Waals surface area contributed by atoms with Crippen LogP contribution >= 0.6 is 0 Å². The molecule has 2 unspecified atom stereocenters. The van der Waals surface area contributed by atoms with Crippen LogP contribution in [0.2, 0.25) is 0 Å². The topological polar surface area (TPSA) is 47.6 Å². The van der Waals surface area contributed by atoms with Gasteiger partial charge in [-0.15, -0.1) is 0 Å². The second-order valence-electron chi connectivity index (χ2n) is 4.67. The van der Waals surface area contributed by atoms with E-state index < -0.39 is 0 Å². The van der Waals surface area contributed by atoms with Crippen molar-refractivity contribution in [2.24, 2.45) is 5.92 Å². The second-order valence-corrected chi connectivity index (χ2v) is 4.67. The number of anilines is 1. The monoisotopic (exact) mass is 265 g/mol. The van der Waals surface area contributed by atoms with Crippen molar-refractivity contribution in [2.75, 3.05) is 19.0 Å². The molecule has 1 aromatic rings. The molecule has 0 heterocycles. The van der Waals surface area contributed by atoms with Crippen molar-refractivity contribution >= 4 is 11.7 Å². The van der Waals surface area contributed by atoms with Crippen molar-refractivity contribution in [3.05, 3.63) is 24.3 Å². The quantitative estimate of drug-likeness (QED) is 0.770. The van der Waals surface area contributed by atoms with E-state index >= 15 is 0 Å². The van der Waals surface area contributed by atoms with Crippen LogP contribution in [0.15, 0.2) is 24.3 Å². The van der Waals surface area contributed by atoms with Gasteiger partial charge in [0.25, 0.3) is 0 Å². The normalized spacial score (nSPS) is 13.5. The van der Waals surface area contributed by atoms with Crippen molar-refractivity contribution in [1.82, 2.24) is 0 Å². The highest BCUT2D eigenvalue weighted by atomic mass is 16.5. The van der Waals surface area contributed by atoms with Gasteiger partial charge in [-0.1, -0.05) is 19.9 Å². The Labute approximate surface area is 115 Å². The predicted molar refractivity (Wildman–Crippen MR) is 76.5 cm³/mol. The van der Waals surface area contributed by atoms with Gasteiger partial charge in [0, 0.05) is 18.3 Å². The van der Waals surface area contributed by atoms with Gasteiger partial charge in [0.2, 0.25) is 0 Å². The Kier molecular flexibility index (Phi) is 6.19. The van der Waals surface area contributed by atoms with Crippen LogP contribution in [-0.2, 0) is 9.53 Å². The summed E-state index contributed by atoms with van der Waals surface area (Å²) in [6.07, 6.45) is 1.17. The number of carbonyl (C=O) groups is 1. The van der Waals surface area contributed by atoms with Crippen LogP contribution in [0.25, 0.3) is 0 Å². The molecule has 0 amide bonds. The number of hydrogen-bond donors (Lipinski definition) is 1. The Morgan fingerprint density at radius 1 is 1.37 bits per heavy atom. The molecule has 0 saturated heterocycles. The van der Waals surface area contributed by atoms with Crippen molar-refractivity contribution in [1.29, 1.82) is 0 Å². The van der Waals surface area contributed by atoms with Gasteiger partial charge in [0.1, 0.15) is 5.75 Å². The first kappa shape index (κ1) is 15.3. The Morgan fingerprint density at radius 3 is 2.74 bits per heavy atom. The van der Waals surface area contributed by atoms with Crippen molar-refractivity contribution in [3.63, 3.8) is 0 Å². The minimum absolute atomic E-state index is 0.177. The molecule has 0 aromatic heterocycles. The van der Waals surface area contributed by atoms with E-state index in [1.807, 2.05) is 38.1 Å². The SMILES string of the molecule is CCC(C)Oc1cccc(NCC(C)C(=O)OC)c1. The Balaban J connectivity index is 2.55. The van der Waals surface area contributed by atoms with Crippen LogP contribution in [0.4, 0.5) is 5.69 Å². The molecule has 0 spiro atoms. The maximum atomic E-state index is 11.3. The predicted octanol–water partition coefficient (Wildman–Crippen LogP) is 3.08. The van der Waals surface area contributed by atoms with Gasteiger partial charge in [-0.05, 0) is 25.5 Å². The zero-order valence-electron chi connectivity index (χ0n) is 12.1. The van der Waals surface area contributed by atoms with Gasteiger partial charge >= 0.3 is 5.97 Å². The van der Waals surface area contributed by atoms with Gasteiger partial charge < -0.3 is 14.8 Å². The number of hydrogen-bond acceptors (Lipinski definition) is 4. The van der Waals surface area contributed by atoms with E-state index in [-0.39, 0.29) is 18.0 Å². The van der Waals surface area contributed by atoms with Crippen molar-refractivity contribution in [2.45, 2.75) is 33.3 Å². The zero-order chi connectivity index (χ0) is 14.3. The van der Waals surface area contributed by atoms with Gasteiger partial charge in [-0.25, -0.2) is 0 Å². The van der Waals surface area contributed by atoms with Gasteiger partial charge in [0.15, 0.2) is 0 Å². The van der Waals surface area contributed by atoms with Gasteiger partial charge in [-0.3, -0.25) is 4.79 Å². The smallest absolute Gasteiger partial charge is 0.310 e. The van der Waals surface area contributed by atoms with Crippen LogP contribution in [-0.4, -0.2) is 25.7 Å². The van der Waals surface area contributed by atoms with E-state index in [2.05, 4.69) is 17.0 Å². The lowest BCUT2D eigenvalue weighted by Gasteiger charge is -2.15. The number of carbonyl (C=O) groups excluding carboxylic acids is 1. The summed E-state index contributed by atoms with van der Waals surface area (Å²) in [6, 6.07) is 7.76. The molecule has 0 aliphatic carbocycles. The summed E-state index contributed by atoms with van der Waals surface area (Å²) in [6.45, 7) is 6.50. The minimum atomic E-state index is -0.209. The first-order chi connectivity index (χ1) is 9.06. The standard InChI is InChI=1S/C15H23NO3/c1-5-12(3)19-14-8-6-7-13(9-14)16-10-11(2)15(17)18-4/h6-9,11-12,16H,5,10H2,1-4H3. The van der Waals surface area contributed by atoms with Gasteiger partial charge in [-0.2, -0.15) is 0 Å². The lowest BCUT2D eigenvalue weighted by atomic mass is 10.2. The summed E-state index contributed by atoms with van der Waals surface area (Å²) in [5, 5.41) is 3.21.